The molecule has 0 radical (unpaired) electrons. The van der Waals surface area contributed by atoms with Crippen LogP contribution in [0.5, 0.6) is 0 Å². The second-order valence-corrected chi connectivity index (χ2v) is 7.41. The zero-order valence-corrected chi connectivity index (χ0v) is 17.0. The average Bonchev–Trinajstić information content (AvgIpc) is 3.16. The van der Waals surface area contributed by atoms with Crippen molar-refractivity contribution in [3.8, 4) is 0 Å². The summed E-state index contributed by atoms with van der Waals surface area (Å²) in [5, 5.41) is 6.82. The summed E-state index contributed by atoms with van der Waals surface area (Å²) in [5.41, 5.74) is 3.95. The number of carbonyl (C=O) groups is 2. The standard InChI is InChI=1S/C25H19N3O3/c1-14-23-20(13-22(26-14)25(30)31-2)19-12-18(9-10-21(19)28-23)27-24(29)17-8-7-15-5-3-4-6-16(15)11-17/h3-13,28H,1-2H3,(H,27,29). The molecule has 6 heteroatoms. The van der Waals surface area contributed by atoms with Crippen LogP contribution >= 0.6 is 0 Å². The highest BCUT2D eigenvalue weighted by Gasteiger charge is 2.15. The van der Waals surface area contributed by atoms with Crippen molar-refractivity contribution in [2.75, 3.05) is 12.4 Å². The number of anilines is 1. The van der Waals surface area contributed by atoms with E-state index in [9.17, 15) is 9.59 Å². The van der Waals surface area contributed by atoms with E-state index in [0.717, 1.165) is 32.6 Å². The maximum atomic E-state index is 12.8. The molecule has 5 rings (SSSR count). The monoisotopic (exact) mass is 409 g/mol. The second-order valence-electron chi connectivity index (χ2n) is 7.41. The van der Waals surface area contributed by atoms with Crippen molar-refractivity contribution >= 4 is 50.1 Å². The fourth-order valence-corrected chi connectivity index (χ4v) is 3.87. The van der Waals surface area contributed by atoms with Crippen LogP contribution in [0.3, 0.4) is 0 Å². The van der Waals surface area contributed by atoms with Crippen LogP contribution in [-0.2, 0) is 4.74 Å². The lowest BCUT2D eigenvalue weighted by Crippen LogP contribution is -2.11. The first kappa shape index (κ1) is 18.8. The van der Waals surface area contributed by atoms with Crippen molar-refractivity contribution in [1.29, 1.82) is 0 Å². The minimum atomic E-state index is -0.486. The highest BCUT2D eigenvalue weighted by Crippen LogP contribution is 2.30. The number of aromatic amines is 1. The number of esters is 1. The van der Waals surface area contributed by atoms with Crippen LogP contribution < -0.4 is 5.32 Å². The van der Waals surface area contributed by atoms with Crippen LogP contribution in [0.4, 0.5) is 5.69 Å². The normalized spacial score (nSPS) is 11.2. The number of hydrogen-bond acceptors (Lipinski definition) is 4. The van der Waals surface area contributed by atoms with Crippen LogP contribution in [0, 0.1) is 6.92 Å². The molecule has 0 aliphatic carbocycles. The van der Waals surface area contributed by atoms with E-state index in [1.807, 2.05) is 67.6 Å². The molecule has 0 fully saturated rings. The number of nitrogens with one attached hydrogen (secondary N) is 2. The molecule has 2 aromatic heterocycles. The molecule has 1 amide bonds. The molecule has 6 nitrogen and oxygen atoms in total. The summed E-state index contributed by atoms with van der Waals surface area (Å²) < 4.78 is 4.82. The van der Waals surface area contributed by atoms with E-state index in [1.54, 1.807) is 6.07 Å². The Hall–Kier alpha value is -4.19. The van der Waals surface area contributed by atoms with E-state index in [4.69, 9.17) is 4.74 Å². The third-order valence-electron chi connectivity index (χ3n) is 5.43. The smallest absolute Gasteiger partial charge is 0.356 e. The van der Waals surface area contributed by atoms with Gasteiger partial charge in [-0.2, -0.15) is 0 Å². The first-order valence-corrected chi connectivity index (χ1v) is 9.85. The molecule has 2 heterocycles. The number of ether oxygens (including phenoxy) is 1. The van der Waals surface area contributed by atoms with Gasteiger partial charge in [-0.3, -0.25) is 4.79 Å². The van der Waals surface area contributed by atoms with Crippen LogP contribution in [-0.4, -0.2) is 29.0 Å². The summed E-state index contributed by atoms with van der Waals surface area (Å²) in [6, 6.07) is 20.9. The molecule has 0 aliphatic rings. The Morgan fingerprint density at radius 3 is 2.55 bits per heavy atom. The van der Waals surface area contributed by atoms with Gasteiger partial charge in [0.25, 0.3) is 5.91 Å². The van der Waals surface area contributed by atoms with Crippen LogP contribution in [0.1, 0.15) is 26.5 Å². The maximum Gasteiger partial charge on any atom is 0.356 e. The number of hydrogen-bond donors (Lipinski definition) is 2. The maximum absolute atomic E-state index is 12.8. The lowest BCUT2D eigenvalue weighted by molar-refractivity contribution is 0.0594. The van der Waals surface area contributed by atoms with Crippen molar-refractivity contribution in [2.24, 2.45) is 0 Å². The van der Waals surface area contributed by atoms with Crippen molar-refractivity contribution < 1.29 is 14.3 Å². The van der Waals surface area contributed by atoms with Gasteiger partial charge < -0.3 is 15.0 Å². The third-order valence-corrected chi connectivity index (χ3v) is 5.43. The highest BCUT2D eigenvalue weighted by atomic mass is 16.5. The number of fused-ring (bicyclic) bond motifs is 4. The number of methoxy groups -OCH3 is 1. The SMILES string of the molecule is COC(=O)c1cc2c([nH]c3ccc(NC(=O)c4ccc5ccccc5c4)cc32)c(C)n1. The number of aromatic nitrogens is 2. The zero-order chi connectivity index (χ0) is 21.5. The Balaban J connectivity index is 1.53. The van der Waals surface area contributed by atoms with Gasteiger partial charge >= 0.3 is 5.97 Å². The van der Waals surface area contributed by atoms with Crippen LogP contribution in [0.15, 0.2) is 66.7 Å². The first-order valence-electron chi connectivity index (χ1n) is 9.85. The van der Waals surface area contributed by atoms with Crippen molar-refractivity contribution in [1.82, 2.24) is 9.97 Å². The predicted octanol–water partition coefficient (Wildman–Crippen LogP) is 5.22. The summed E-state index contributed by atoms with van der Waals surface area (Å²) in [5.74, 6) is -0.668. The Morgan fingerprint density at radius 2 is 1.74 bits per heavy atom. The molecule has 0 spiro atoms. The molecular formula is C25H19N3O3. The summed E-state index contributed by atoms with van der Waals surface area (Å²) >= 11 is 0. The molecule has 31 heavy (non-hydrogen) atoms. The predicted molar refractivity (Wildman–Crippen MR) is 122 cm³/mol. The minimum absolute atomic E-state index is 0.182. The van der Waals surface area contributed by atoms with Crippen molar-refractivity contribution in [3.63, 3.8) is 0 Å². The Bertz CT molecular complexity index is 1500. The minimum Gasteiger partial charge on any atom is -0.464 e. The van der Waals surface area contributed by atoms with Gasteiger partial charge in [-0.15, -0.1) is 0 Å². The van der Waals surface area contributed by atoms with Crippen molar-refractivity contribution in [2.45, 2.75) is 6.92 Å². The molecule has 2 N–H and O–H groups in total. The molecule has 0 bridgehead atoms. The van der Waals surface area contributed by atoms with Gasteiger partial charge in [-0.1, -0.05) is 30.3 Å². The van der Waals surface area contributed by atoms with Crippen LogP contribution in [0.25, 0.3) is 32.6 Å². The summed E-state index contributed by atoms with van der Waals surface area (Å²) in [7, 11) is 1.33. The van der Waals surface area contributed by atoms with Crippen molar-refractivity contribution in [3.05, 3.63) is 83.7 Å². The Morgan fingerprint density at radius 1 is 0.935 bits per heavy atom. The quantitative estimate of drug-likeness (QED) is 0.400. The number of pyridine rings is 1. The van der Waals surface area contributed by atoms with Gasteiger partial charge in [0.15, 0.2) is 0 Å². The first-order chi connectivity index (χ1) is 15.0. The van der Waals surface area contributed by atoms with E-state index in [1.165, 1.54) is 7.11 Å². The topological polar surface area (TPSA) is 84.1 Å². The molecule has 0 aliphatic heterocycles. The molecule has 3 aromatic carbocycles. The second kappa shape index (κ2) is 7.25. The number of nitrogens with zero attached hydrogens (tertiary/aromatic N) is 1. The average molecular weight is 409 g/mol. The number of H-pyrrole nitrogens is 1. The van der Waals surface area contributed by atoms with Gasteiger partial charge in [0.05, 0.1) is 18.3 Å². The van der Waals surface area contributed by atoms with Gasteiger partial charge in [-0.05, 0) is 54.1 Å². The molecule has 0 saturated heterocycles. The van der Waals surface area contributed by atoms with E-state index >= 15 is 0 Å². The number of rotatable bonds is 3. The number of benzene rings is 3. The van der Waals surface area contributed by atoms with E-state index in [0.29, 0.717) is 16.9 Å². The number of amides is 1. The fourth-order valence-electron chi connectivity index (χ4n) is 3.87. The van der Waals surface area contributed by atoms with Gasteiger partial charge in [0.1, 0.15) is 5.69 Å². The largest absolute Gasteiger partial charge is 0.464 e. The summed E-state index contributed by atoms with van der Waals surface area (Å²) in [6.07, 6.45) is 0. The zero-order valence-electron chi connectivity index (χ0n) is 17.0. The van der Waals surface area contributed by atoms with E-state index in [-0.39, 0.29) is 11.6 Å². The number of carbonyl (C=O) groups excluding carboxylic acids is 2. The van der Waals surface area contributed by atoms with E-state index in [2.05, 4.69) is 15.3 Å². The molecule has 5 aromatic rings. The molecule has 0 atom stereocenters. The summed E-state index contributed by atoms with van der Waals surface area (Å²) in [6.45, 7) is 1.84. The van der Waals surface area contributed by atoms with Crippen LogP contribution in [0.2, 0.25) is 0 Å². The van der Waals surface area contributed by atoms with Gasteiger partial charge in [0.2, 0.25) is 0 Å². The Kier molecular flexibility index (Phi) is 4.40. The third kappa shape index (κ3) is 3.28. The van der Waals surface area contributed by atoms with Gasteiger partial charge in [-0.25, -0.2) is 9.78 Å². The number of aryl methyl sites for hydroxylation is 1. The van der Waals surface area contributed by atoms with E-state index < -0.39 is 5.97 Å². The lowest BCUT2D eigenvalue weighted by Gasteiger charge is -2.07. The summed E-state index contributed by atoms with van der Waals surface area (Å²) in [4.78, 5) is 32.5. The molecule has 0 unspecified atom stereocenters. The molecule has 0 saturated carbocycles. The lowest BCUT2D eigenvalue weighted by atomic mass is 10.1. The fraction of sp³-hybridized carbons (Fsp3) is 0.0800. The molecule has 152 valence electrons. The highest BCUT2D eigenvalue weighted by molar-refractivity contribution is 6.12. The Labute approximate surface area is 177 Å². The van der Waals surface area contributed by atoms with Gasteiger partial charge in [0, 0.05) is 27.5 Å². The molecular weight excluding hydrogens is 390 g/mol.